The molecule has 1 aliphatic heterocycles. The second kappa shape index (κ2) is 10.6. The topological polar surface area (TPSA) is 18.5 Å². The van der Waals surface area contributed by atoms with Gasteiger partial charge in [-0.3, -0.25) is 0 Å². The number of ether oxygens (including phenoxy) is 2. The predicted molar refractivity (Wildman–Crippen MR) is 104 cm³/mol. The van der Waals surface area contributed by atoms with Gasteiger partial charge in [0.1, 0.15) is 0 Å². The third kappa shape index (κ3) is 6.20. The highest BCUT2D eigenvalue weighted by Gasteiger charge is 2.29. The smallest absolute Gasteiger partial charge is 0.157 e. The van der Waals surface area contributed by atoms with Crippen LogP contribution in [-0.4, -0.2) is 19.5 Å². The van der Waals surface area contributed by atoms with Crippen molar-refractivity contribution >= 4 is 0 Å². The molecule has 3 heteroatoms. The van der Waals surface area contributed by atoms with E-state index in [0.29, 0.717) is 12.3 Å². The van der Waals surface area contributed by atoms with Crippen molar-refractivity contribution in [2.75, 3.05) is 13.2 Å². The molecule has 148 valence electrons. The van der Waals surface area contributed by atoms with Gasteiger partial charge in [-0.2, -0.15) is 0 Å². The maximum atomic E-state index is 13.2. The molecule has 1 heterocycles. The molecule has 2 fully saturated rings. The van der Waals surface area contributed by atoms with E-state index in [1.165, 1.54) is 38.5 Å². The molecule has 0 bridgehead atoms. The maximum absolute atomic E-state index is 13.2. The minimum Gasteiger partial charge on any atom is -0.352 e. The summed E-state index contributed by atoms with van der Waals surface area (Å²) < 4.78 is 25.1. The molecule has 0 aromatic carbocycles. The van der Waals surface area contributed by atoms with E-state index in [-0.39, 0.29) is 12.1 Å². The van der Waals surface area contributed by atoms with Crippen LogP contribution in [-0.2, 0) is 9.47 Å². The van der Waals surface area contributed by atoms with Gasteiger partial charge in [0.15, 0.2) is 6.29 Å². The third-order valence-corrected chi connectivity index (χ3v) is 6.78. The van der Waals surface area contributed by atoms with Crippen molar-refractivity contribution in [3.63, 3.8) is 0 Å². The van der Waals surface area contributed by atoms with Crippen LogP contribution in [0, 0.1) is 23.7 Å². The van der Waals surface area contributed by atoms with Gasteiger partial charge in [-0.1, -0.05) is 31.1 Å². The lowest BCUT2D eigenvalue weighted by atomic mass is 9.71. The highest BCUT2D eigenvalue weighted by Crippen LogP contribution is 2.41. The number of halogens is 1. The molecule has 3 aliphatic rings. The summed E-state index contributed by atoms with van der Waals surface area (Å²) in [5.74, 6) is 3.08. The molecule has 0 aromatic heterocycles. The largest absolute Gasteiger partial charge is 0.352 e. The van der Waals surface area contributed by atoms with Crippen LogP contribution >= 0.6 is 0 Å². The molecular formula is C23H37FO2. The number of rotatable bonds is 7. The summed E-state index contributed by atoms with van der Waals surface area (Å²) in [5.41, 5.74) is 0. The molecule has 1 unspecified atom stereocenters. The second-order valence-electron chi connectivity index (χ2n) is 8.65. The minimum absolute atomic E-state index is 0.0251. The fraction of sp³-hybridized carbons (Fsp3) is 0.826. The van der Waals surface area contributed by atoms with E-state index in [1.807, 2.05) is 6.08 Å². The molecule has 2 aliphatic carbocycles. The first-order valence-electron chi connectivity index (χ1n) is 10.9. The molecule has 1 atom stereocenters. The van der Waals surface area contributed by atoms with Crippen molar-refractivity contribution in [3.8, 4) is 0 Å². The van der Waals surface area contributed by atoms with Crippen molar-refractivity contribution in [2.24, 2.45) is 23.7 Å². The van der Waals surface area contributed by atoms with Crippen LogP contribution in [0.3, 0.4) is 0 Å². The van der Waals surface area contributed by atoms with Gasteiger partial charge in [0.05, 0.1) is 19.0 Å². The number of hydrogen-bond acceptors (Lipinski definition) is 2. The fourth-order valence-corrected chi connectivity index (χ4v) is 4.99. The van der Waals surface area contributed by atoms with Gasteiger partial charge in [0, 0.05) is 5.92 Å². The van der Waals surface area contributed by atoms with Crippen LogP contribution in [0.1, 0.15) is 77.6 Å². The van der Waals surface area contributed by atoms with Crippen molar-refractivity contribution in [2.45, 2.75) is 83.8 Å². The molecule has 0 radical (unpaired) electrons. The SMILES string of the molecule is C/C=C/CC[C@H]1CO[C@H](CC[C@H]2CC[C@H](C3CC=C(F)CC3)CC2)OC1. The Balaban J connectivity index is 1.27. The van der Waals surface area contributed by atoms with Gasteiger partial charge in [-0.15, -0.1) is 0 Å². The molecule has 1 saturated heterocycles. The molecule has 0 aromatic rings. The molecule has 0 amide bonds. The zero-order valence-corrected chi connectivity index (χ0v) is 16.5. The second-order valence-corrected chi connectivity index (χ2v) is 8.65. The number of allylic oxidation sites excluding steroid dienone is 4. The van der Waals surface area contributed by atoms with E-state index in [9.17, 15) is 4.39 Å². The Morgan fingerprint density at radius 3 is 2.38 bits per heavy atom. The van der Waals surface area contributed by atoms with Crippen LogP contribution in [0.15, 0.2) is 24.1 Å². The summed E-state index contributed by atoms with van der Waals surface area (Å²) in [6.45, 7) is 3.80. The normalized spacial score (nSPS) is 36.2. The molecule has 3 rings (SSSR count). The van der Waals surface area contributed by atoms with Gasteiger partial charge in [0.25, 0.3) is 0 Å². The first-order valence-corrected chi connectivity index (χ1v) is 10.9. The summed E-state index contributed by atoms with van der Waals surface area (Å²) in [7, 11) is 0. The average Bonchev–Trinajstić information content (AvgIpc) is 2.69. The van der Waals surface area contributed by atoms with Gasteiger partial charge in [0.2, 0.25) is 0 Å². The van der Waals surface area contributed by atoms with E-state index in [2.05, 4.69) is 19.1 Å². The van der Waals surface area contributed by atoms with Crippen molar-refractivity contribution in [1.82, 2.24) is 0 Å². The summed E-state index contributed by atoms with van der Waals surface area (Å²) in [5, 5.41) is 0. The zero-order valence-electron chi connectivity index (χ0n) is 16.5. The lowest BCUT2D eigenvalue weighted by molar-refractivity contribution is -0.205. The Kier molecular flexibility index (Phi) is 8.19. The molecule has 0 N–H and O–H groups in total. The zero-order chi connectivity index (χ0) is 18.2. The molecule has 1 saturated carbocycles. The molecular weight excluding hydrogens is 327 g/mol. The standard InChI is InChI=1S/C23H37FO2/c1-2-3-4-5-19-16-25-23(26-17-19)15-8-18-6-9-20(10-7-18)21-11-13-22(24)14-12-21/h2-3,13,18-21,23H,4-12,14-17H2,1H3/b3-2+/t18-,19-,20-,21?,23-. The Bertz CT molecular complexity index is 457. The highest BCUT2D eigenvalue weighted by molar-refractivity contribution is 4.99. The Morgan fingerprint density at radius 1 is 0.962 bits per heavy atom. The van der Waals surface area contributed by atoms with E-state index in [1.54, 1.807) is 0 Å². The van der Waals surface area contributed by atoms with Gasteiger partial charge in [-0.25, -0.2) is 4.39 Å². The van der Waals surface area contributed by atoms with Crippen molar-refractivity contribution in [1.29, 1.82) is 0 Å². The average molecular weight is 365 g/mol. The predicted octanol–water partition coefficient (Wildman–Crippen LogP) is 6.57. The Labute approximate surface area is 159 Å². The van der Waals surface area contributed by atoms with E-state index < -0.39 is 0 Å². The fourth-order valence-electron chi connectivity index (χ4n) is 4.99. The van der Waals surface area contributed by atoms with Crippen molar-refractivity contribution < 1.29 is 13.9 Å². The van der Waals surface area contributed by atoms with Gasteiger partial charge < -0.3 is 9.47 Å². The first kappa shape index (κ1) is 20.1. The third-order valence-electron chi connectivity index (χ3n) is 6.78. The quantitative estimate of drug-likeness (QED) is 0.476. The lowest BCUT2D eigenvalue weighted by Crippen LogP contribution is -2.32. The molecule has 2 nitrogen and oxygen atoms in total. The van der Waals surface area contributed by atoms with E-state index in [4.69, 9.17) is 9.47 Å². The molecule has 0 spiro atoms. The van der Waals surface area contributed by atoms with Crippen molar-refractivity contribution in [3.05, 3.63) is 24.1 Å². The Hall–Kier alpha value is -0.670. The highest BCUT2D eigenvalue weighted by atomic mass is 19.1. The number of hydrogen-bond donors (Lipinski definition) is 0. The van der Waals surface area contributed by atoms with Gasteiger partial charge in [-0.05, 0) is 82.5 Å². The Morgan fingerprint density at radius 2 is 1.73 bits per heavy atom. The van der Waals surface area contributed by atoms with E-state index >= 15 is 0 Å². The van der Waals surface area contributed by atoms with Crippen LogP contribution in [0.5, 0.6) is 0 Å². The lowest BCUT2D eigenvalue weighted by Gasteiger charge is -2.35. The summed E-state index contributed by atoms with van der Waals surface area (Å²) in [6, 6.07) is 0. The minimum atomic E-state index is 0.0251. The van der Waals surface area contributed by atoms with Crippen LogP contribution < -0.4 is 0 Å². The monoisotopic (exact) mass is 364 g/mol. The summed E-state index contributed by atoms with van der Waals surface area (Å²) >= 11 is 0. The maximum Gasteiger partial charge on any atom is 0.157 e. The van der Waals surface area contributed by atoms with Gasteiger partial charge >= 0.3 is 0 Å². The van der Waals surface area contributed by atoms with Crippen LogP contribution in [0.2, 0.25) is 0 Å². The van der Waals surface area contributed by atoms with Crippen LogP contribution in [0.4, 0.5) is 4.39 Å². The van der Waals surface area contributed by atoms with E-state index in [0.717, 1.165) is 56.7 Å². The first-order chi connectivity index (χ1) is 12.7. The summed E-state index contributed by atoms with van der Waals surface area (Å²) in [4.78, 5) is 0. The molecule has 26 heavy (non-hydrogen) atoms. The van der Waals surface area contributed by atoms with Crippen LogP contribution in [0.25, 0.3) is 0 Å². The summed E-state index contributed by atoms with van der Waals surface area (Å²) in [6.07, 6.45) is 18.9.